The highest BCUT2D eigenvalue weighted by molar-refractivity contribution is 5.67. The summed E-state index contributed by atoms with van der Waals surface area (Å²) in [5.41, 5.74) is 3.44. The molecule has 2 heterocycles. The lowest BCUT2D eigenvalue weighted by Crippen LogP contribution is -2.03. The van der Waals surface area contributed by atoms with E-state index in [2.05, 4.69) is 5.10 Å². The lowest BCUT2D eigenvalue weighted by molar-refractivity contribution is 0.531. The molecule has 2 aromatic carbocycles. The Hall–Kier alpha value is -3.14. The Labute approximate surface area is 126 Å². The first-order valence-corrected chi connectivity index (χ1v) is 6.96. The topological polar surface area (TPSA) is 47.5 Å². The van der Waals surface area contributed by atoms with Crippen LogP contribution in [-0.4, -0.2) is 9.61 Å². The molecule has 0 amide bonds. The number of rotatable bonds is 2. The molecule has 0 aliphatic heterocycles. The lowest BCUT2D eigenvalue weighted by atomic mass is 10.1. The second kappa shape index (κ2) is 5.00. The van der Waals surface area contributed by atoms with Gasteiger partial charge in [-0.2, -0.15) is 9.61 Å². The molecule has 4 heteroatoms. The van der Waals surface area contributed by atoms with Crippen molar-refractivity contribution in [3.8, 4) is 22.5 Å². The first kappa shape index (κ1) is 12.6. The van der Waals surface area contributed by atoms with Crippen molar-refractivity contribution < 1.29 is 4.42 Å². The molecule has 0 aliphatic rings. The van der Waals surface area contributed by atoms with E-state index in [9.17, 15) is 4.79 Å². The van der Waals surface area contributed by atoms with E-state index in [1.165, 1.54) is 6.07 Å². The Morgan fingerprint density at radius 1 is 0.818 bits per heavy atom. The van der Waals surface area contributed by atoms with Crippen molar-refractivity contribution in [2.75, 3.05) is 0 Å². The zero-order valence-corrected chi connectivity index (χ0v) is 11.6. The number of nitrogens with zero attached hydrogens (tertiary/aromatic N) is 2. The average molecular weight is 288 g/mol. The first-order chi connectivity index (χ1) is 10.8. The van der Waals surface area contributed by atoms with Crippen LogP contribution in [0.25, 0.3) is 28.2 Å². The molecule has 4 aromatic rings. The van der Waals surface area contributed by atoms with E-state index in [4.69, 9.17) is 4.42 Å². The fraction of sp³-hybridized carbons (Fsp3) is 0. The van der Waals surface area contributed by atoms with Crippen molar-refractivity contribution in [2.45, 2.75) is 0 Å². The minimum atomic E-state index is -0.383. The molecular formula is C18H12N2O2. The lowest BCUT2D eigenvalue weighted by Gasteiger charge is -2.03. The average Bonchev–Trinajstić information content (AvgIpc) is 2.99. The summed E-state index contributed by atoms with van der Waals surface area (Å²) >= 11 is 0. The summed E-state index contributed by atoms with van der Waals surface area (Å²) in [4.78, 5) is 11.8. The van der Waals surface area contributed by atoms with Gasteiger partial charge < -0.3 is 4.42 Å². The Morgan fingerprint density at radius 3 is 2.14 bits per heavy atom. The molecule has 0 fully saturated rings. The molecule has 0 N–H and O–H groups in total. The van der Waals surface area contributed by atoms with Gasteiger partial charge in [0.15, 0.2) is 0 Å². The van der Waals surface area contributed by atoms with Crippen LogP contribution in [0.15, 0.2) is 82.0 Å². The Morgan fingerprint density at radius 2 is 1.45 bits per heavy atom. The first-order valence-electron chi connectivity index (χ1n) is 6.96. The van der Waals surface area contributed by atoms with Crippen LogP contribution in [0.5, 0.6) is 0 Å². The van der Waals surface area contributed by atoms with Gasteiger partial charge in [-0.05, 0) is 0 Å². The molecule has 0 aliphatic carbocycles. The highest BCUT2D eigenvalue weighted by Gasteiger charge is 2.11. The van der Waals surface area contributed by atoms with Crippen LogP contribution >= 0.6 is 0 Å². The van der Waals surface area contributed by atoms with Crippen LogP contribution in [0.2, 0.25) is 0 Å². The van der Waals surface area contributed by atoms with Gasteiger partial charge in [0, 0.05) is 17.2 Å². The molecule has 22 heavy (non-hydrogen) atoms. The Balaban J connectivity index is 1.99. The van der Waals surface area contributed by atoms with Gasteiger partial charge in [0.1, 0.15) is 0 Å². The maximum Gasteiger partial charge on any atom is 0.339 e. The van der Waals surface area contributed by atoms with Crippen LogP contribution in [-0.2, 0) is 0 Å². The zero-order chi connectivity index (χ0) is 14.9. The van der Waals surface area contributed by atoms with Crippen molar-refractivity contribution in [3.05, 3.63) is 83.2 Å². The predicted octanol–water partition coefficient (Wildman–Crippen LogP) is 3.62. The SMILES string of the molecule is O=c1cc(-c2ccccc2)n2nc(-c3ccccc3)cc2o1. The monoisotopic (exact) mass is 288 g/mol. The molecular weight excluding hydrogens is 276 g/mol. The summed E-state index contributed by atoms with van der Waals surface area (Å²) in [7, 11) is 0. The van der Waals surface area contributed by atoms with Crippen molar-refractivity contribution >= 4 is 5.71 Å². The van der Waals surface area contributed by atoms with Crippen molar-refractivity contribution in [3.63, 3.8) is 0 Å². The fourth-order valence-corrected chi connectivity index (χ4v) is 2.48. The van der Waals surface area contributed by atoms with Gasteiger partial charge >= 0.3 is 5.63 Å². The summed E-state index contributed by atoms with van der Waals surface area (Å²) in [6.07, 6.45) is 0. The van der Waals surface area contributed by atoms with Crippen molar-refractivity contribution in [2.24, 2.45) is 0 Å². The maximum atomic E-state index is 11.8. The fourth-order valence-electron chi connectivity index (χ4n) is 2.48. The van der Waals surface area contributed by atoms with E-state index in [1.807, 2.05) is 60.7 Å². The van der Waals surface area contributed by atoms with E-state index >= 15 is 0 Å². The highest BCUT2D eigenvalue weighted by atomic mass is 16.4. The quantitative estimate of drug-likeness (QED) is 0.566. The van der Waals surface area contributed by atoms with Crippen LogP contribution in [0.4, 0.5) is 0 Å². The molecule has 4 nitrogen and oxygen atoms in total. The summed E-state index contributed by atoms with van der Waals surface area (Å²) in [6.45, 7) is 0. The van der Waals surface area contributed by atoms with Crippen molar-refractivity contribution in [1.29, 1.82) is 0 Å². The van der Waals surface area contributed by atoms with E-state index in [1.54, 1.807) is 10.6 Å². The molecule has 0 saturated heterocycles. The Kier molecular flexibility index (Phi) is 2.86. The van der Waals surface area contributed by atoms with Crippen LogP contribution < -0.4 is 5.63 Å². The van der Waals surface area contributed by atoms with E-state index in [0.29, 0.717) is 11.4 Å². The molecule has 0 bridgehead atoms. The number of benzene rings is 2. The van der Waals surface area contributed by atoms with Gasteiger partial charge in [0.25, 0.3) is 0 Å². The second-order valence-corrected chi connectivity index (χ2v) is 4.96. The third kappa shape index (κ3) is 2.11. The maximum absolute atomic E-state index is 11.8. The van der Waals surface area contributed by atoms with Gasteiger partial charge in [-0.3, -0.25) is 0 Å². The van der Waals surface area contributed by atoms with Gasteiger partial charge in [-0.1, -0.05) is 60.7 Å². The Bertz CT molecular complexity index is 986. The van der Waals surface area contributed by atoms with E-state index in [0.717, 1.165) is 16.8 Å². The number of hydrogen-bond acceptors (Lipinski definition) is 3. The normalized spacial score (nSPS) is 10.9. The standard InChI is InChI=1S/C18H12N2O2/c21-18-12-16(14-9-5-2-6-10-14)20-17(22-18)11-15(19-20)13-7-3-1-4-8-13/h1-12H. The summed E-state index contributed by atoms with van der Waals surface area (Å²) in [5, 5.41) is 4.58. The molecule has 2 aromatic heterocycles. The molecule has 0 radical (unpaired) electrons. The van der Waals surface area contributed by atoms with Gasteiger partial charge in [0.2, 0.25) is 5.71 Å². The molecule has 4 rings (SSSR count). The smallest absolute Gasteiger partial charge is 0.339 e. The van der Waals surface area contributed by atoms with Gasteiger partial charge in [0.05, 0.1) is 17.5 Å². The highest BCUT2D eigenvalue weighted by Crippen LogP contribution is 2.23. The second-order valence-electron chi connectivity index (χ2n) is 4.96. The third-order valence-electron chi connectivity index (χ3n) is 3.50. The minimum absolute atomic E-state index is 0.383. The molecule has 0 atom stereocenters. The predicted molar refractivity (Wildman–Crippen MR) is 84.6 cm³/mol. The van der Waals surface area contributed by atoms with Crippen LogP contribution in [0, 0.1) is 0 Å². The van der Waals surface area contributed by atoms with Crippen molar-refractivity contribution in [1.82, 2.24) is 9.61 Å². The minimum Gasteiger partial charge on any atom is -0.404 e. The number of hydrogen-bond donors (Lipinski definition) is 0. The summed E-state index contributed by atoms with van der Waals surface area (Å²) in [5.74, 6) is 0. The number of fused-ring (bicyclic) bond motifs is 1. The summed E-state index contributed by atoms with van der Waals surface area (Å²) < 4.78 is 6.94. The third-order valence-corrected chi connectivity index (χ3v) is 3.50. The summed E-state index contributed by atoms with van der Waals surface area (Å²) in [6, 6.07) is 22.7. The van der Waals surface area contributed by atoms with Crippen LogP contribution in [0.3, 0.4) is 0 Å². The van der Waals surface area contributed by atoms with Gasteiger partial charge in [-0.25, -0.2) is 4.79 Å². The zero-order valence-electron chi connectivity index (χ0n) is 11.6. The molecule has 106 valence electrons. The van der Waals surface area contributed by atoms with E-state index < -0.39 is 0 Å². The molecule has 0 unspecified atom stereocenters. The van der Waals surface area contributed by atoms with Gasteiger partial charge in [-0.15, -0.1) is 0 Å². The largest absolute Gasteiger partial charge is 0.404 e. The molecule has 0 saturated carbocycles. The molecule has 0 spiro atoms. The van der Waals surface area contributed by atoms with Crippen LogP contribution in [0.1, 0.15) is 0 Å². The number of aromatic nitrogens is 2. The van der Waals surface area contributed by atoms with E-state index in [-0.39, 0.29) is 5.63 Å².